The van der Waals surface area contributed by atoms with Crippen molar-refractivity contribution in [2.24, 2.45) is 11.8 Å². The molecule has 3 amide bonds. The second-order valence-corrected chi connectivity index (χ2v) is 6.63. The van der Waals surface area contributed by atoms with E-state index in [4.69, 9.17) is 11.6 Å². The van der Waals surface area contributed by atoms with Gasteiger partial charge in [0.2, 0.25) is 17.7 Å². The van der Waals surface area contributed by atoms with Crippen molar-refractivity contribution >= 4 is 29.3 Å². The van der Waals surface area contributed by atoms with Crippen molar-refractivity contribution in [2.75, 3.05) is 6.54 Å². The zero-order valence-electron chi connectivity index (χ0n) is 13.2. The summed E-state index contributed by atoms with van der Waals surface area (Å²) in [7, 11) is 0. The molecule has 0 radical (unpaired) electrons. The molecule has 0 spiro atoms. The van der Waals surface area contributed by atoms with Crippen LogP contribution in [0.1, 0.15) is 24.8 Å². The molecule has 3 rings (SSSR count). The highest BCUT2D eigenvalue weighted by Gasteiger charge is 2.48. The number of carbonyl (C=O) groups is 3. The molecule has 126 valence electrons. The van der Waals surface area contributed by atoms with E-state index in [9.17, 15) is 14.4 Å². The highest BCUT2D eigenvalue weighted by Crippen LogP contribution is 2.38. The fourth-order valence-electron chi connectivity index (χ4n) is 3.21. The number of imide groups is 1. The zero-order valence-corrected chi connectivity index (χ0v) is 14.0. The summed E-state index contributed by atoms with van der Waals surface area (Å²) >= 11 is 5.99. The van der Waals surface area contributed by atoms with Crippen LogP contribution in [0.3, 0.4) is 0 Å². The Balaban J connectivity index is 1.51. The highest BCUT2D eigenvalue weighted by atomic mass is 35.5. The third-order valence-corrected chi connectivity index (χ3v) is 4.86. The van der Waals surface area contributed by atoms with Gasteiger partial charge in [0, 0.05) is 24.5 Å². The van der Waals surface area contributed by atoms with E-state index in [1.807, 2.05) is 36.4 Å². The smallest absolute Gasteiger partial charge is 0.233 e. The van der Waals surface area contributed by atoms with Gasteiger partial charge in [-0.25, -0.2) is 0 Å². The molecular formula is C18H19ClN2O3. The van der Waals surface area contributed by atoms with Gasteiger partial charge in [0.05, 0.1) is 11.8 Å². The maximum Gasteiger partial charge on any atom is 0.233 e. The molecule has 1 aliphatic heterocycles. The van der Waals surface area contributed by atoms with Crippen molar-refractivity contribution in [3.63, 3.8) is 0 Å². The van der Waals surface area contributed by atoms with Crippen LogP contribution in [0.25, 0.3) is 0 Å². The topological polar surface area (TPSA) is 66.5 Å². The summed E-state index contributed by atoms with van der Waals surface area (Å²) in [5, 5.41) is 3.44. The van der Waals surface area contributed by atoms with E-state index in [2.05, 4.69) is 5.32 Å². The molecule has 1 aromatic rings. The van der Waals surface area contributed by atoms with Crippen LogP contribution >= 0.6 is 11.6 Å². The minimum atomic E-state index is -0.359. The standard InChI is InChI=1S/C18H19ClN2O3/c19-13-6-7-14-15(10-13)18(24)21(17(14)23)9-8-16(22)20-11-12-4-2-1-3-5-12/h1-6,14-15H,7-11H2,(H,20,22)/t14-,15+/m1/s1. The van der Waals surface area contributed by atoms with E-state index >= 15 is 0 Å². The Bertz CT molecular complexity index is 687. The largest absolute Gasteiger partial charge is 0.352 e. The molecule has 6 heteroatoms. The number of amides is 3. The van der Waals surface area contributed by atoms with Crippen molar-refractivity contribution in [2.45, 2.75) is 25.8 Å². The number of allylic oxidation sites excluding steroid dienone is 2. The number of fused-ring (bicyclic) bond motifs is 1. The quantitative estimate of drug-likeness (QED) is 0.831. The second-order valence-electron chi connectivity index (χ2n) is 6.14. The van der Waals surface area contributed by atoms with E-state index in [1.54, 1.807) is 0 Å². The van der Waals surface area contributed by atoms with Gasteiger partial charge >= 0.3 is 0 Å². The van der Waals surface area contributed by atoms with E-state index in [-0.39, 0.29) is 42.5 Å². The summed E-state index contributed by atoms with van der Waals surface area (Å²) < 4.78 is 0. The maximum absolute atomic E-state index is 12.4. The lowest BCUT2D eigenvalue weighted by molar-refractivity contribution is -0.140. The number of benzene rings is 1. The van der Waals surface area contributed by atoms with E-state index in [1.165, 1.54) is 4.90 Å². The number of rotatable bonds is 5. The van der Waals surface area contributed by atoms with Gasteiger partial charge in [-0.05, 0) is 18.4 Å². The lowest BCUT2D eigenvalue weighted by Crippen LogP contribution is -2.35. The van der Waals surface area contributed by atoms with Gasteiger partial charge in [-0.15, -0.1) is 0 Å². The van der Waals surface area contributed by atoms with Crippen molar-refractivity contribution in [1.82, 2.24) is 10.2 Å². The number of nitrogens with zero attached hydrogens (tertiary/aromatic N) is 1. The molecule has 0 saturated carbocycles. The molecule has 1 heterocycles. The van der Waals surface area contributed by atoms with Crippen LogP contribution in [-0.2, 0) is 20.9 Å². The average Bonchev–Trinajstić information content (AvgIpc) is 2.82. The molecule has 24 heavy (non-hydrogen) atoms. The lowest BCUT2D eigenvalue weighted by atomic mass is 9.85. The van der Waals surface area contributed by atoms with Crippen molar-refractivity contribution < 1.29 is 14.4 Å². The van der Waals surface area contributed by atoms with Gasteiger partial charge in [-0.3, -0.25) is 19.3 Å². The first-order valence-corrected chi connectivity index (χ1v) is 8.44. The molecule has 0 unspecified atom stereocenters. The first-order chi connectivity index (χ1) is 11.6. The Labute approximate surface area is 145 Å². The third kappa shape index (κ3) is 3.51. The number of halogens is 1. The first kappa shape index (κ1) is 16.7. The third-order valence-electron chi connectivity index (χ3n) is 4.56. The molecule has 2 aliphatic rings. The van der Waals surface area contributed by atoms with Crippen LogP contribution in [-0.4, -0.2) is 29.2 Å². The Morgan fingerprint density at radius 2 is 1.88 bits per heavy atom. The minimum Gasteiger partial charge on any atom is -0.352 e. The van der Waals surface area contributed by atoms with Gasteiger partial charge in [-0.1, -0.05) is 48.0 Å². The van der Waals surface area contributed by atoms with E-state index in [0.717, 1.165) is 5.56 Å². The lowest BCUT2D eigenvalue weighted by Gasteiger charge is -2.17. The highest BCUT2D eigenvalue weighted by molar-refractivity contribution is 6.30. The molecular weight excluding hydrogens is 328 g/mol. The van der Waals surface area contributed by atoms with Crippen molar-refractivity contribution in [3.8, 4) is 0 Å². The van der Waals surface area contributed by atoms with Gasteiger partial charge in [-0.2, -0.15) is 0 Å². The second kappa shape index (κ2) is 7.18. The number of hydrogen-bond acceptors (Lipinski definition) is 3. The number of likely N-dealkylation sites (tertiary alicyclic amines) is 1. The van der Waals surface area contributed by atoms with Gasteiger partial charge in [0.25, 0.3) is 0 Å². The summed E-state index contributed by atoms with van der Waals surface area (Å²) in [5.74, 6) is -1.23. The SMILES string of the molecule is O=C(CCN1C(=O)[C@H]2CC(Cl)=CC[C@H]2C1=O)NCc1ccccc1. The van der Waals surface area contributed by atoms with Crippen LogP contribution in [0.5, 0.6) is 0 Å². The maximum atomic E-state index is 12.4. The van der Waals surface area contributed by atoms with Crippen molar-refractivity contribution in [3.05, 3.63) is 47.0 Å². The van der Waals surface area contributed by atoms with Crippen LogP contribution in [0.4, 0.5) is 0 Å². The van der Waals surface area contributed by atoms with E-state index in [0.29, 0.717) is 24.4 Å². The van der Waals surface area contributed by atoms with Crippen molar-refractivity contribution in [1.29, 1.82) is 0 Å². The predicted octanol–water partition coefficient (Wildman–Crippen LogP) is 2.21. The Morgan fingerprint density at radius 1 is 1.17 bits per heavy atom. The fourth-order valence-corrected chi connectivity index (χ4v) is 3.47. The Kier molecular flexibility index (Phi) is 5.00. The van der Waals surface area contributed by atoms with Gasteiger partial charge in [0.15, 0.2) is 0 Å². The minimum absolute atomic E-state index is 0.116. The molecule has 0 bridgehead atoms. The van der Waals surface area contributed by atoms with E-state index < -0.39 is 0 Å². The average molecular weight is 347 g/mol. The molecule has 5 nitrogen and oxygen atoms in total. The van der Waals surface area contributed by atoms with Crippen LogP contribution in [0.15, 0.2) is 41.4 Å². The van der Waals surface area contributed by atoms with Crippen LogP contribution < -0.4 is 5.32 Å². The number of carbonyl (C=O) groups excluding carboxylic acids is 3. The summed E-state index contributed by atoms with van der Waals surface area (Å²) in [5.41, 5.74) is 1.01. The van der Waals surface area contributed by atoms with Gasteiger partial charge in [0.1, 0.15) is 0 Å². The monoisotopic (exact) mass is 346 g/mol. The molecule has 1 saturated heterocycles. The van der Waals surface area contributed by atoms with Crippen LogP contribution in [0, 0.1) is 11.8 Å². The summed E-state index contributed by atoms with van der Waals surface area (Å²) in [6.07, 6.45) is 2.85. The van der Waals surface area contributed by atoms with Gasteiger partial charge < -0.3 is 5.32 Å². The normalized spacial score (nSPS) is 23.0. The first-order valence-electron chi connectivity index (χ1n) is 8.06. The molecule has 0 aromatic heterocycles. The van der Waals surface area contributed by atoms with Crippen LogP contribution in [0.2, 0.25) is 0 Å². The zero-order chi connectivity index (χ0) is 17.1. The summed E-state index contributed by atoms with van der Waals surface area (Å²) in [6.45, 7) is 0.565. The summed E-state index contributed by atoms with van der Waals surface area (Å²) in [4.78, 5) is 37.9. The number of nitrogens with one attached hydrogen (secondary N) is 1. The Hall–Kier alpha value is -2.14. The molecule has 1 fully saturated rings. The molecule has 1 aromatic carbocycles. The molecule has 1 N–H and O–H groups in total. The summed E-state index contributed by atoms with van der Waals surface area (Å²) in [6, 6.07) is 9.58. The Morgan fingerprint density at radius 3 is 2.62 bits per heavy atom. The predicted molar refractivity (Wildman–Crippen MR) is 89.8 cm³/mol. The number of hydrogen-bond donors (Lipinski definition) is 1. The molecule has 2 atom stereocenters. The fraction of sp³-hybridized carbons (Fsp3) is 0.389. The molecule has 1 aliphatic carbocycles.